The number of aryl methyl sites for hydroxylation is 1. The van der Waals surface area contributed by atoms with Gasteiger partial charge in [-0.1, -0.05) is 19.9 Å². The number of aliphatic hydroxyl groups is 1. The monoisotopic (exact) mass is 315 g/mol. The molecule has 0 aliphatic heterocycles. The Bertz CT molecular complexity index is 610. The number of ether oxygens (including phenoxy) is 1. The molecular weight excluding hydrogens is 294 g/mol. The number of nitrogens with one attached hydrogen (secondary N) is 1. The number of aliphatic hydroxyl groups excluding tert-OH is 1. The Hall–Kier alpha value is -1.44. The van der Waals surface area contributed by atoms with Crippen LogP contribution < -0.4 is 4.72 Å². The highest BCUT2D eigenvalue weighted by molar-refractivity contribution is 7.89. The highest BCUT2D eigenvalue weighted by atomic mass is 32.2. The topological polar surface area (TPSA) is 92.7 Å². The average molecular weight is 315 g/mol. The number of hydrogen-bond acceptors (Lipinski definition) is 5. The first-order chi connectivity index (χ1) is 9.72. The van der Waals surface area contributed by atoms with Crippen molar-refractivity contribution in [2.45, 2.75) is 31.7 Å². The summed E-state index contributed by atoms with van der Waals surface area (Å²) >= 11 is 0. The van der Waals surface area contributed by atoms with Crippen molar-refractivity contribution in [3.8, 4) is 0 Å². The maximum absolute atomic E-state index is 12.4. The molecule has 0 unspecified atom stereocenters. The van der Waals surface area contributed by atoms with Crippen molar-refractivity contribution < 1.29 is 23.1 Å². The van der Waals surface area contributed by atoms with Crippen LogP contribution in [0.2, 0.25) is 0 Å². The van der Waals surface area contributed by atoms with E-state index in [1.807, 2.05) is 0 Å². The van der Waals surface area contributed by atoms with E-state index in [1.54, 1.807) is 26.8 Å². The molecule has 0 spiro atoms. The van der Waals surface area contributed by atoms with Gasteiger partial charge in [0.2, 0.25) is 10.0 Å². The van der Waals surface area contributed by atoms with Gasteiger partial charge in [-0.25, -0.2) is 17.9 Å². The van der Waals surface area contributed by atoms with E-state index in [4.69, 9.17) is 0 Å². The second kappa shape index (κ2) is 7.02. The van der Waals surface area contributed by atoms with Crippen molar-refractivity contribution >= 4 is 16.0 Å². The van der Waals surface area contributed by atoms with Crippen LogP contribution in [0, 0.1) is 12.8 Å². The summed E-state index contributed by atoms with van der Waals surface area (Å²) in [6, 6.07) is 3.74. The van der Waals surface area contributed by atoms with Crippen LogP contribution in [0.15, 0.2) is 23.1 Å². The number of hydrogen-bond donors (Lipinski definition) is 2. The van der Waals surface area contributed by atoms with Gasteiger partial charge in [0.1, 0.15) is 0 Å². The fourth-order valence-corrected chi connectivity index (χ4v) is 3.43. The molecule has 2 N–H and O–H groups in total. The molecular formula is C14H21NO5S. The molecule has 0 aliphatic rings. The summed E-state index contributed by atoms with van der Waals surface area (Å²) in [4.78, 5) is 11.5. The molecule has 0 aromatic heterocycles. The minimum Gasteiger partial charge on any atom is -0.465 e. The predicted octanol–water partition coefficient (Wildman–Crippen LogP) is 1.08. The fraction of sp³-hybridized carbons (Fsp3) is 0.500. The third-order valence-electron chi connectivity index (χ3n) is 3.21. The number of sulfonamides is 1. The second-order valence-electron chi connectivity index (χ2n) is 5.13. The van der Waals surface area contributed by atoms with Gasteiger partial charge in [0.25, 0.3) is 0 Å². The Morgan fingerprint density at radius 1 is 1.38 bits per heavy atom. The van der Waals surface area contributed by atoms with E-state index in [9.17, 15) is 18.3 Å². The van der Waals surface area contributed by atoms with Gasteiger partial charge in [0.15, 0.2) is 0 Å². The minimum absolute atomic E-state index is 0.00417. The van der Waals surface area contributed by atoms with Crippen molar-refractivity contribution in [3.63, 3.8) is 0 Å². The number of carbonyl (C=O) groups is 1. The maximum atomic E-state index is 12.4. The van der Waals surface area contributed by atoms with Crippen molar-refractivity contribution in [1.82, 2.24) is 4.72 Å². The lowest BCUT2D eigenvalue weighted by Gasteiger charge is -2.20. The normalized spacial score (nSPS) is 13.2. The number of benzene rings is 1. The Balaban J connectivity index is 3.21. The standard InChI is InChI=1S/C14H21NO5S/c1-9(2)12(8-16)15-21(18,19)13-7-11(14(17)20-4)6-5-10(13)3/h5-7,9,12,15-16H,8H2,1-4H3/t12-/m1/s1. The molecule has 1 aromatic carbocycles. The second-order valence-corrected chi connectivity index (χ2v) is 6.81. The van der Waals surface area contributed by atoms with E-state index in [0.29, 0.717) is 5.56 Å². The van der Waals surface area contributed by atoms with Gasteiger partial charge in [-0.15, -0.1) is 0 Å². The largest absolute Gasteiger partial charge is 0.465 e. The molecule has 21 heavy (non-hydrogen) atoms. The van der Waals surface area contributed by atoms with E-state index >= 15 is 0 Å². The van der Waals surface area contributed by atoms with Gasteiger partial charge in [0.05, 0.1) is 24.2 Å². The van der Waals surface area contributed by atoms with E-state index in [0.717, 1.165) is 0 Å². The van der Waals surface area contributed by atoms with Gasteiger partial charge < -0.3 is 9.84 Å². The zero-order valence-corrected chi connectivity index (χ0v) is 13.4. The quantitative estimate of drug-likeness (QED) is 0.766. The summed E-state index contributed by atoms with van der Waals surface area (Å²) in [7, 11) is -2.60. The van der Waals surface area contributed by atoms with Crippen molar-refractivity contribution in [3.05, 3.63) is 29.3 Å². The number of methoxy groups -OCH3 is 1. The van der Waals surface area contributed by atoms with E-state index in [-0.39, 0.29) is 23.0 Å². The zero-order chi connectivity index (χ0) is 16.2. The van der Waals surface area contributed by atoms with Gasteiger partial charge in [-0.3, -0.25) is 0 Å². The van der Waals surface area contributed by atoms with Crippen molar-refractivity contribution in [2.75, 3.05) is 13.7 Å². The molecule has 0 saturated heterocycles. The third-order valence-corrected chi connectivity index (χ3v) is 4.84. The fourth-order valence-electron chi connectivity index (χ4n) is 1.78. The summed E-state index contributed by atoms with van der Waals surface area (Å²) in [5, 5.41) is 9.26. The molecule has 6 nitrogen and oxygen atoms in total. The highest BCUT2D eigenvalue weighted by Gasteiger charge is 2.24. The molecule has 0 radical (unpaired) electrons. The smallest absolute Gasteiger partial charge is 0.337 e. The first-order valence-corrected chi connectivity index (χ1v) is 8.03. The maximum Gasteiger partial charge on any atom is 0.337 e. The van der Waals surface area contributed by atoms with Crippen molar-refractivity contribution in [1.29, 1.82) is 0 Å². The van der Waals surface area contributed by atoms with Gasteiger partial charge >= 0.3 is 5.97 Å². The molecule has 1 rings (SSSR count). The number of carbonyl (C=O) groups excluding carboxylic acids is 1. The Morgan fingerprint density at radius 3 is 2.48 bits per heavy atom. The van der Waals surface area contributed by atoms with Crippen LogP contribution in [0.5, 0.6) is 0 Å². The molecule has 0 amide bonds. The van der Waals surface area contributed by atoms with Crippen LogP contribution in [-0.2, 0) is 14.8 Å². The minimum atomic E-state index is -3.83. The molecule has 0 bridgehead atoms. The zero-order valence-electron chi connectivity index (χ0n) is 12.6. The molecule has 0 saturated carbocycles. The lowest BCUT2D eigenvalue weighted by molar-refractivity contribution is 0.0600. The lowest BCUT2D eigenvalue weighted by Crippen LogP contribution is -2.41. The van der Waals surface area contributed by atoms with Crippen LogP contribution >= 0.6 is 0 Å². The van der Waals surface area contributed by atoms with E-state index in [2.05, 4.69) is 9.46 Å². The van der Waals surface area contributed by atoms with Crippen LogP contribution in [0.1, 0.15) is 29.8 Å². The predicted molar refractivity (Wildman–Crippen MR) is 78.6 cm³/mol. The molecule has 7 heteroatoms. The molecule has 1 aromatic rings. The van der Waals surface area contributed by atoms with Crippen molar-refractivity contribution in [2.24, 2.45) is 5.92 Å². The van der Waals surface area contributed by atoms with Crippen LogP contribution in [0.4, 0.5) is 0 Å². The molecule has 0 fully saturated rings. The highest BCUT2D eigenvalue weighted by Crippen LogP contribution is 2.19. The van der Waals surface area contributed by atoms with Crippen LogP contribution in [0.25, 0.3) is 0 Å². The summed E-state index contributed by atoms with van der Waals surface area (Å²) < 4.78 is 31.9. The molecule has 0 aliphatic carbocycles. The lowest BCUT2D eigenvalue weighted by atomic mass is 10.1. The van der Waals surface area contributed by atoms with E-state index in [1.165, 1.54) is 19.2 Å². The third kappa shape index (κ3) is 4.26. The first-order valence-electron chi connectivity index (χ1n) is 6.55. The Morgan fingerprint density at radius 2 is 2.00 bits per heavy atom. The average Bonchev–Trinajstić information content (AvgIpc) is 2.43. The summed E-state index contributed by atoms with van der Waals surface area (Å²) in [6.07, 6.45) is 0. The van der Waals surface area contributed by atoms with E-state index < -0.39 is 22.0 Å². The van der Waals surface area contributed by atoms with Gasteiger partial charge in [0, 0.05) is 6.04 Å². The summed E-state index contributed by atoms with van der Waals surface area (Å²) in [6.45, 7) is 4.95. The summed E-state index contributed by atoms with van der Waals surface area (Å²) in [5.41, 5.74) is 0.671. The van der Waals surface area contributed by atoms with Crippen LogP contribution in [-0.4, -0.2) is 39.3 Å². The molecule has 1 atom stereocenters. The van der Waals surface area contributed by atoms with Gasteiger partial charge in [-0.05, 0) is 30.5 Å². The Kier molecular flexibility index (Phi) is 5.88. The van der Waals surface area contributed by atoms with Gasteiger partial charge in [-0.2, -0.15) is 0 Å². The Labute approximate surface area is 125 Å². The number of esters is 1. The number of rotatable bonds is 6. The SMILES string of the molecule is COC(=O)c1ccc(C)c(S(=O)(=O)N[C@H](CO)C(C)C)c1. The first kappa shape index (κ1) is 17.6. The molecule has 0 heterocycles. The summed E-state index contributed by atoms with van der Waals surface area (Å²) in [5.74, 6) is -0.664. The molecule has 118 valence electrons. The van der Waals surface area contributed by atoms with Crippen LogP contribution in [0.3, 0.4) is 0 Å².